The van der Waals surface area contributed by atoms with E-state index in [2.05, 4.69) is 36.6 Å². The van der Waals surface area contributed by atoms with Crippen molar-refractivity contribution in [1.29, 1.82) is 0 Å². The van der Waals surface area contributed by atoms with E-state index in [1.807, 2.05) is 11.8 Å². The summed E-state index contributed by atoms with van der Waals surface area (Å²) in [6, 6.07) is 12.5. The molecule has 0 bridgehead atoms. The van der Waals surface area contributed by atoms with E-state index in [9.17, 15) is 32.4 Å². The number of hydrogen-bond acceptors (Lipinski definition) is 9. The minimum absolute atomic E-state index is 0.0345. The van der Waals surface area contributed by atoms with Crippen molar-refractivity contribution in [2.75, 3.05) is 42.4 Å². The first kappa shape index (κ1) is 46.2. The van der Waals surface area contributed by atoms with Crippen LogP contribution in [-0.4, -0.2) is 87.3 Å². The van der Waals surface area contributed by atoms with Crippen LogP contribution in [-0.2, 0) is 24.4 Å². The van der Waals surface area contributed by atoms with E-state index in [1.165, 1.54) is 24.3 Å². The number of thioether (sulfide) groups is 1. The average Bonchev–Trinajstić information content (AvgIpc) is 3.76. The van der Waals surface area contributed by atoms with Crippen molar-refractivity contribution in [3.8, 4) is 0 Å². The molecule has 0 aliphatic carbocycles. The topological polar surface area (TPSA) is 230 Å². The van der Waals surface area contributed by atoms with E-state index in [-0.39, 0.29) is 46.6 Å². The molecule has 2 aromatic rings. The molecule has 17 heteroatoms. The molecule has 0 saturated carbocycles. The summed E-state index contributed by atoms with van der Waals surface area (Å²) < 4.78 is 27.6. The van der Waals surface area contributed by atoms with E-state index in [4.69, 9.17) is 5.73 Å². The third-order valence-electron chi connectivity index (χ3n) is 10.2. The molecule has 2 aromatic carbocycles. The number of fused-ring (bicyclic) bond motifs is 1. The molecule has 0 spiro atoms. The second-order valence-electron chi connectivity index (χ2n) is 15.0. The van der Waals surface area contributed by atoms with Gasteiger partial charge in [0.15, 0.2) is 0 Å². The van der Waals surface area contributed by atoms with Gasteiger partial charge in [-0.2, -0.15) is 11.8 Å². The Morgan fingerprint density at radius 2 is 1.14 bits per heavy atom. The highest BCUT2D eigenvalue weighted by atomic mass is 32.2. The number of benzene rings is 2. The van der Waals surface area contributed by atoms with Crippen molar-refractivity contribution in [1.82, 2.24) is 31.9 Å². The summed E-state index contributed by atoms with van der Waals surface area (Å²) in [6.07, 6.45) is 12.7. The molecule has 15 nitrogen and oxygen atoms in total. The molecular weight excluding hydrogens is 781 g/mol. The Labute approximate surface area is 347 Å². The summed E-state index contributed by atoms with van der Waals surface area (Å²) in [5, 5.41) is 18.2. The minimum atomic E-state index is -3.77. The number of hydrogen-bond donors (Lipinski definition) is 8. The van der Waals surface area contributed by atoms with Crippen LogP contribution in [0.5, 0.6) is 0 Å². The largest absolute Gasteiger partial charge is 0.399 e. The predicted molar refractivity (Wildman–Crippen MR) is 229 cm³/mol. The number of nitrogens with one attached hydrogen (secondary N) is 7. The maximum atomic E-state index is 12.6. The van der Waals surface area contributed by atoms with Gasteiger partial charge in [0.05, 0.1) is 17.0 Å². The Balaban J connectivity index is 0.874. The van der Waals surface area contributed by atoms with E-state index in [0.717, 1.165) is 89.2 Å². The van der Waals surface area contributed by atoms with Gasteiger partial charge in [-0.15, -0.1) is 0 Å². The fourth-order valence-corrected chi connectivity index (χ4v) is 9.46. The number of amides is 6. The van der Waals surface area contributed by atoms with Gasteiger partial charge in [0.1, 0.15) is 0 Å². The molecule has 2 aliphatic rings. The van der Waals surface area contributed by atoms with Gasteiger partial charge in [0, 0.05) is 73.4 Å². The standard InChI is InChI=1S/C41H62N8O7S2/c42-31-19-23-33(24-20-31)58(55,56)49-32-21-17-30(18-22-32)40(53)46-28-10-2-1-9-25-43-36(50)14-5-3-11-26-44-37(51)15-6-4-12-27-45-38(52)16-8-7-13-35-39-34(29-57-35)47-41(54)48-39/h17-24,34-35,39,49H,1-16,25-29,42H2,(H,43,50)(H,44,51)(H,45,52)(H,46,53)(H2,47,48,54)/t34-,35-,39-/m0/s1. The average molecular weight is 843 g/mol. The van der Waals surface area contributed by atoms with Gasteiger partial charge in [-0.3, -0.25) is 23.9 Å². The zero-order valence-electron chi connectivity index (χ0n) is 33.5. The lowest BCUT2D eigenvalue weighted by atomic mass is 10.0. The third-order valence-corrected chi connectivity index (χ3v) is 13.1. The second-order valence-corrected chi connectivity index (χ2v) is 17.9. The van der Waals surface area contributed by atoms with Crippen LogP contribution in [0.4, 0.5) is 16.2 Å². The highest BCUT2D eigenvalue weighted by Gasteiger charge is 2.42. The van der Waals surface area contributed by atoms with Gasteiger partial charge in [0.25, 0.3) is 15.9 Å². The lowest BCUT2D eigenvalue weighted by Crippen LogP contribution is -2.36. The Morgan fingerprint density at radius 1 is 0.638 bits per heavy atom. The number of nitrogen functional groups attached to an aromatic ring is 1. The summed E-state index contributed by atoms with van der Waals surface area (Å²) in [4.78, 5) is 60.5. The number of anilines is 2. The number of sulfonamides is 1. The van der Waals surface area contributed by atoms with Gasteiger partial charge in [-0.05, 0) is 99.9 Å². The number of urea groups is 1. The van der Waals surface area contributed by atoms with E-state index in [1.54, 1.807) is 24.3 Å². The van der Waals surface area contributed by atoms with Crippen molar-refractivity contribution in [3.05, 3.63) is 54.1 Å². The SMILES string of the molecule is Nc1ccc(S(=O)(=O)Nc2ccc(C(=O)NCCCCCCNC(=O)CCCCCNC(=O)CCCCCNC(=O)CCCC[C@@H]3SC[C@@H]4NC(=O)N[C@@H]43)cc2)cc1. The van der Waals surface area contributed by atoms with Crippen molar-refractivity contribution < 1.29 is 32.4 Å². The van der Waals surface area contributed by atoms with E-state index in [0.29, 0.717) is 67.6 Å². The van der Waals surface area contributed by atoms with Gasteiger partial charge >= 0.3 is 6.03 Å². The van der Waals surface area contributed by atoms with E-state index < -0.39 is 10.0 Å². The zero-order chi connectivity index (χ0) is 41.6. The molecule has 6 amide bonds. The normalized spacial score (nSPS) is 17.1. The quantitative estimate of drug-likeness (QED) is 0.0341. The molecule has 4 rings (SSSR count). The molecule has 58 heavy (non-hydrogen) atoms. The summed E-state index contributed by atoms with van der Waals surface area (Å²) in [5.41, 5.74) is 6.88. The molecular formula is C41H62N8O7S2. The first-order valence-electron chi connectivity index (χ1n) is 20.8. The molecule has 2 saturated heterocycles. The van der Waals surface area contributed by atoms with Gasteiger partial charge in [-0.25, -0.2) is 13.2 Å². The molecule has 0 unspecified atom stereocenters. The maximum Gasteiger partial charge on any atom is 0.315 e. The smallest absolute Gasteiger partial charge is 0.315 e. The van der Waals surface area contributed by atoms with Crippen LogP contribution in [0, 0.1) is 0 Å². The molecule has 0 radical (unpaired) electrons. The number of nitrogens with two attached hydrogens (primary N) is 1. The third kappa shape index (κ3) is 17.1. The highest BCUT2D eigenvalue weighted by Crippen LogP contribution is 2.33. The molecule has 0 aromatic heterocycles. The van der Waals surface area contributed by atoms with Gasteiger partial charge < -0.3 is 37.6 Å². The Hall–Kier alpha value is -4.51. The Bertz CT molecular complexity index is 1730. The van der Waals surface area contributed by atoms with Crippen LogP contribution in [0.3, 0.4) is 0 Å². The monoisotopic (exact) mass is 842 g/mol. The Morgan fingerprint density at radius 3 is 1.69 bits per heavy atom. The van der Waals surface area contributed by atoms with E-state index >= 15 is 0 Å². The number of unbranched alkanes of at least 4 members (excludes halogenated alkanes) is 8. The zero-order valence-corrected chi connectivity index (χ0v) is 35.1. The molecule has 2 fully saturated rings. The molecule has 320 valence electrons. The number of carbonyl (C=O) groups is 5. The first-order valence-corrected chi connectivity index (χ1v) is 23.3. The van der Waals surface area contributed by atoms with Crippen LogP contribution in [0.1, 0.15) is 113 Å². The predicted octanol–water partition coefficient (Wildman–Crippen LogP) is 4.56. The first-order chi connectivity index (χ1) is 28.0. The maximum absolute atomic E-state index is 12.6. The van der Waals surface area contributed by atoms with Crippen molar-refractivity contribution >= 4 is 62.8 Å². The van der Waals surface area contributed by atoms with Crippen molar-refractivity contribution in [2.24, 2.45) is 0 Å². The highest BCUT2D eigenvalue weighted by molar-refractivity contribution is 8.00. The lowest BCUT2D eigenvalue weighted by molar-refractivity contribution is -0.122. The Kier molecular flexibility index (Phi) is 20.0. The summed E-state index contributed by atoms with van der Waals surface area (Å²) >= 11 is 1.90. The lowest BCUT2D eigenvalue weighted by Gasteiger charge is -2.16. The van der Waals surface area contributed by atoms with Crippen molar-refractivity contribution in [2.45, 2.75) is 125 Å². The minimum Gasteiger partial charge on any atom is -0.399 e. The molecule has 2 heterocycles. The fraction of sp³-hybridized carbons (Fsp3) is 0.585. The molecule has 9 N–H and O–H groups in total. The van der Waals surface area contributed by atoms with Crippen LogP contribution in [0.2, 0.25) is 0 Å². The van der Waals surface area contributed by atoms with Gasteiger partial charge in [0.2, 0.25) is 17.7 Å². The van der Waals surface area contributed by atoms with Gasteiger partial charge in [-0.1, -0.05) is 32.1 Å². The molecule has 2 aliphatic heterocycles. The fourth-order valence-electron chi connectivity index (χ4n) is 6.86. The molecule has 3 atom stereocenters. The summed E-state index contributed by atoms with van der Waals surface area (Å²) in [7, 11) is -3.77. The summed E-state index contributed by atoms with van der Waals surface area (Å²) in [5.74, 6) is 0.862. The summed E-state index contributed by atoms with van der Waals surface area (Å²) in [6.45, 7) is 2.36. The number of carbonyl (C=O) groups excluding carboxylic acids is 5. The van der Waals surface area contributed by atoms with Crippen molar-refractivity contribution in [3.63, 3.8) is 0 Å². The van der Waals surface area contributed by atoms with Crippen LogP contribution >= 0.6 is 11.8 Å². The number of rotatable bonds is 28. The van der Waals surface area contributed by atoms with Crippen LogP contribution in [0.25, 0.3) is 0 Å². The second kappa shape index (κ2) is 25.1. The van der Waals surface area contributed by atoms with Crippen LogP contribution < -0.4 is 42.4 Å². The van der Waals surface area contributed by atoms with Crippen LogP contribution in [0.15, 0.2) is 53.4 Å².